The molecule has 2 aliphatic carbocycles. The highest BCUT2D eigenvalue weighted by molar-refractivity contribution is 6.23. The Morgan fingerprint density at radius 1 is 0.900 bits per heavy atom. The maximum atomic E-state index is 13.0. The van der Waals surface area contributed by atoms with Crippen molar-refractivity contribution >= 4 is 35.1 Å². The number of rotatable bonds is 4. The van der Waals surface area contributed by atoms with Gasteiger partial charge in [-0.1, -0.05) is 18.2 Å². The number of carbonyl (C=O) groups excluding carboxylic acids is 4. The van der Waals surface area contributed by atoms with Crippen molar-refractivity contribution in [1.82, 2.24) is 0 Å². The third-order valence-corrected chi connectivity index (χ3v) is 6.65. The van der Waals surface area contributed by atoms with Gasteiger partial charge in [-0.25, -0.2) is 0 Å². The number of imide groups is 1. The van der Waals surface area contributed by atoms with E-state index in [1.807, 2.05) is 0 Å². The first-order valence-corrected chi connectivity index (χ1v) is 10.0. The Morgan fingerprint density at radius 2 is 1.53 bits per heavy atom. The van der Waals surface area contributed by atoms with Crippen molar-refractivity contribution in [3.05, 3.63) is 59.7 Å². The van der Waals surface area contributed by atoms with Crippen molar-refractivity contribution in [1.29, 1.82) is 0 Å². The molecule has 5 rings (SSSR count). The summed E-state index contributed by atoms with van der Waals surface area (Å²) in [5.41, 5.74) is 0.935. The number of fused-ring (bicyclic) bond motifs is 5. The van der Waals surface area contributed by atoms with Crippen LogP contribution >= 0.6 is 0 Å². The molecule has 1 heterocycles. The fraction of sp³-hybridized carbons (Fsp3) is 0.304. The Balaban J connectivity index is 1.39. The van der Waals surface area contributed by atoms with Gasteiger partial charge in [-0.3, -0.25) is 19.3 Å². The predicted octanol–water partition coefficient (Wildman–Crippen LogP) is 1.84. The lowest BCUT2D eigenvalue weighted by molar-refractivity contribution is -0.255. The van der Waals surface area contributed by atoms with E-state index in [0.717, 1.165) is 19.3 Å². The summed E-state index contributed by atoms with van der Waals surface area (Å²) in [7, 11) is 0. The van der Waals surface area contributed by atoms with E-state index >= 15 is 0 Å². The van der Waals surface area contributed by atoms with Crippen LogP contribution in [0, 0.1) is 23.7 Å². The van der Waals surface area contributed by atoms with Crippen molar-refractivity contribution in [2.24, 2.45) is 23.7 Å². The van der Waals surface area contributed by atoms with Crippen LogP contribution in [-0.2, 0) is 9.59 Å². The molecule has 2 aromatic rings. The molecule has 1 N–H and O–H groups in total. The highest BCUT2D eigenvalue weighted by Crippen LogP contribution is 2.56. The third kappa shape index (κ3) is 2.81. The quantitative estimate of drug-likeness (QED) is 0.784. The molecule has 0 aromatic heterocycles. The summed E-state index contributed by atoms with van der Waals surface area (Å²) in [6.07, 6.45) is 2.98. The maximum Gasteiger partial charge on any atom is 0.255 e. The molecule has 7 heteroatoms. The van der Waals surface area contributed by atoms with Gasteiger partial charge >= 0.3 is 0 Å². The molecule has 3 amide bonds. The van der Waals surface area contributed by atoms with Crippen LogP contribution in [0.1, 0.15) is 40.0 Å². The van der Waals surface area contributed by atoms with Crippen LogP contribution in [-0.4, -0.2) is 23.7 Å². The highest BCUT2D eigenvalue weighted by atomic mass is 16.4. The van der Waals surface area contributed by atoms with Crippen LogP contribution in [0.2, 0.25) is 0 Å². The van der Waals surface area contributed by atoms with Crippen molar-refractivity contribution in [2.75, 3.05) is 10.2 Å². The molecule has 3 fully saturated rings. The van der Waals surface area contributed by atoms with E-state index in [0.29, 0.717) is 23.2 Å². The zero-order valence-corrected chi connectivity index (χ0v) is 16.0. The highest BCUT2D eigenvalue weighted by Gasteiger charge is 2.61. The predicted molar refractivity (Wildman–Crippen MR) is 105 cm³/mol. The van der Waals surface area contributed by atoms with Crippen molar-refractivity contribution in [3.8, 4) is 0 Å². The Labute approximate surface area is 172 Å². The van der Waals surface area contributed by atoms with Gasteiger partial charge in [0.05, 0.1) is 23.5 Å². The van der Waals surface area contributed by atoms with Crippen LogP contribution in [0.15, 0.2) is 48.5 Å². The Kier molecular flexibility index (Phi) is 4.20. The van der Waals surface area contributed by atoms with Gasteiger partial charge in [-0.15, -0.1) is 0 Å². The minimum Gasteiger partial charge on any atom is -0.545 e. The zero-order chi connectivity index (χ0) is 21.0. The molecular formula is C23H19N2O5-. The Morgan fingerprint density at radius 3 is 2.20 bits per heavy atom. The van der Waals surface area contributed by atoms with Gasteiger partial charge in [0.15, 0.2) is 0 Å². The molecule has 152 valence electrons. The molecule has 2 saturated carbocycles. The van der Waals surface area contributed by atoms with E-state index in [1.54, 1.807) is 24.3 Å². The molecular weight excluding hydrogens is 384 g/mol. The number of nitrogens with zero attached hydrogens (tertiary/aromatic N) is 1. The normalized spacial score (nSPS) is 26.7. The van der Waals surface area contributed by atoms with Gasteiger partial charge in [0.2, 0.25) is 11.8 Å². The Bertz CT molecular complexity index is 1070. The first-order valence-electron chi connectivity index (χ1n) is 10.0. The Hall–Kier alpha value is -3.48. The molecule has 0 spiro atoms. The summed E-state index contributed by atoms with van der Waals surface area (Å²) >= 11 is 0. The van der Waals surface area contributed by atoms with Gasteiger partial charge < -0.3 is 15.2 Å². The summed E-state index contributed by atoms with van der Waals surface area (Å²) < 4.78 is 0. The first-order chi connectivity index (χ1) is 14.4. The van der Waals surface area contributed by atoms with Gasteiger partial charge in [0.25, 0.3) is 5.91 Å². The summed E-state index contributed by atoms with van der Waals surface area (Å²) in [5, 5.41) is 13.6. The van der Waals surface area contributed by atoms with E-state index < -0.39 is 11.9 Å². The number of benzene rings is 2. The molecule has 2 bridgehead atoms. The monoisotopic (exact) mass is 403 g/mol. The number of hydrogen-bond acceptors (Lipinski definition) is 5. The second kappa shape index (κ2) is 6.79. The maximum absolute atomic E-state index is 13.0. The number of amides is 3. The van der Waals surface area contributed by atoms with Crippen molar-refractivity contribution in [3.63, 3.8) is 0 Å². The smallest absolute Gasteiger partial charge is 0.255 e. The van der Waals surface area contributed by atoms with E-state index in [9.17, 15) is 24.3 Å². The number of carbonyl (C=O) groups is 4. The lowest BCUT2D eigenvalue weighted by atomic mass is 9.81. The number of carboxylic acid groups (broad SMARTS) is 1. The molecule has 30 heavy (non-hydrogen) atoms. The molecule has 0 unspecified atom stereocenters. The SMILES string of the molecule is O=C([O-])c1cccc(NC(=O)c2cccc(N3C(=O)[C@H]4[C@@H]5CC[C@@H](C5)[C@@H]4C3=O)c2)c1. The van der Waals surface area contributed by atoms with E-state index in [-0.39, 0.29) is 34.8 Å². The van der Waals surface area contributed by atoms with E-state index in [1.165, 1.54) is 29.2 Å². The van der Waals surface area contributed by atoms with E-state index in [2.05, 4.69) is 5.32 Å². The second-order valence-corrected chi connectivity index (χ2v) is 8.27. The number of aromatic carboxylic acids is 1. The molecule has 3 aliphatic rings. The van der Waals surface area contributed by atoms with Crippen LogP contribution in [0.4, 0.5) is 11.4 Å². The van der Waals surface area contributed by atoms with Gasteiger partial charge in [-0.05, 0) is 67.0 Å². The number of hydrogen-bond donors (Lipinski definition) is 1. The van der Waals surface area contributed by atoms with Crippen LogP contribution in [0.25, 0.3) is 0 Å². The van der Waals surface area contributed by atoms with Crippen LogP contribution < -0.4 is 15.3 Å². The van der Waals surface area contributed by atoms with Crippen LogP contribution in [0.5, 0.6) is 0 Å². The lowest BCUT2D eigenvalue weighted by Crippen LogP contribution is -2.33. The molecule has 2 aromatic carbocycles. The summed E-state index contributed by atoms with van der Waals surface area (Å²) in [4.78, 5) is 50.9. The topological polar surface area (TPSA) is 107 Å². The van der Waals surface area contributed by atoms with Gasteiger partial charge in [-0.2, -0.15) is 0 Å². The first kappa shape index (κ1) is 18.5. The van der Waals surface area contributed by atoms with Crippen molar-refractivity contribution in [2.45, 2.75) is 19.3 Å². The molecule has 7 nitrogen and oxygen atoms in total. The number of anilines is 2. The zero-order valence-electron chi connectivity index (χ0n) is 16.0. The molecule has 4 atom stereocenters. The number of carboxylic acids is 1. The molecule has 1 aliphatic heterocycles. The summed E-state index contributed by atoms with van der Waals surface area (Å²) in [6.45, 7) is 0. The molecule has 0 radical (unpaired) electrons. The minimum atomic E-state index is -1.33. The van der Waals surface area contributed by atoms with E-state index in [4.69, 9.17) is 0 Å². The van der Waals surface area contributed by atoms with Crippen LogP contribution in [0.3, 0.4) is 0 Å². The second-order valence-electron chi connectivity index (χ2n) is 8.27. The van der Waals surface area contributed by atoms with Gasteiger partial charge in [0.1, 0.15) is 0 Å². The van der Waals surface area contributed by atoms with Crippen molar-refractivity contribution < 1.29 is 24.3 Å². The van der Waals surface area contributed by atoms with Gasteiger partial charge in [0, 0.05) is 11.3 Å². The summed E-state index contributed by atoms with van der Waals surface area (Å²) in [6, 6.07) is 12.2. The number of nitrogens with one attached hydrogen (secondary N) is 1. The lowest BCUT2D eigenvalue weighted by Gasteiger charge is -2.19. The standard InChI is InChI=1S/C23H20N2O5/c26-20(24-16-5-1-4-15(10-16)23(29)30)14-3-2-6-17(11-14)25-21(27)18-12-7-8-13(9-12)19(18)22(25)28/h1-6,10-13,18-19H,7-9H2,(H,24,26)(H,29,30)/p-1/t12-,13+,18-,19-/m0/s1. The summed E-state index contributed by atoms with van der Waals surface area (Å²) in [5.74, 6) is -1.96. The largest absolute Gasteiger partial charge is 0.545 e. The minimum absolute atomic E-state index is 0.0454. The third-order valence-electron chi connectivity index (χ3n) is 6.65. The average Bonchev–Trinajstić information content (AvgIpc) is 3.42. The fourth-order valence-corrected chi connectivity index (χ4v) is 5.38. The average molecular weight is 403 g/mol. The molecule has 1 saturated heterocycles. The fourth-order valence-electron chi connectivity index (χ4n) is 5.38.